The Balaban J connectivity index is 3.02. The highest BCUT2D eigenvalue weighted by Gasteiger charge is 2.43. The van der Waals surface area contributed by atoms with E-state index in [9.17, 15) is 14.4 Å². The number of carbonyl (C=O) groups excluding carboxylic acids is 3. The lowest BCUT2D eigenvalue weighted by Crippen LogP contribution is -2.59. The quantitative estimate of drug-likeness (QED) is 0.332. The van der Waals surface area contributed by atoms with Crippen LogP contribution in [0.5, 0.6) is 0 Å². The second-order valence-electron chi connectivity index (χ2n) is 12.2. The Bertz CT molecular complexity index is 716. The molecule has 0 aromatic rings. The third-order valence-electron chi connectivity index (χ3n) is 7.58. The minimum Gasteiger partial charge on any atom is -0.414 e. The maximum absolute atomic E-state index is 13.0. The molecule has 0 aromatic heterocycles. The lowest BCUT2D eigenvalue weighted by molar-refractivity contribution is -0.137. The fraction of sp³-hybridized carbons (Fsp3) is 0.792. The molecule has 33 heavy (non-hydrogen) atoms. The molecular weight excluding hydrogens is 452 g/mol. The van der Waals surface area contributed by atoms with Gasteiger partial charge in [-0.25, -0.2) is 0 Å². The molecule has 0 bridgehead atoms. The Kier molecular flexibility index (Phi) is 9.49. The summed E-state index contributed by atoms with van der Waals surface area (Å²) in [4.78, 5) is 37.7. The number of nitrogens with zero attached hydrogens (tertiary/aromatic N) is 1. The van der Waals surface area contributed by atoms with E-state index in [1.54, 1.807) is 0 Å². The summed E-state index contributed by atoms with van der Waals surface area (Å²) >= 11 is 0. The molecule has 1 N–H and O–H groups in total. The van der Waals surface area contributed by atoms with Gasteiger partial charge in [-0.1, -0.05) is 48.5 Å². The highest BCUT2D eigenvalue weighted by molar-refractivity contribution is 6.74. The van der Waals surface area contributed by atoms with Crippen LogP contribution in [-0.2, 0) is 23.2 Å². The summed E-state index contributed by atoms with van der Waals surface area (Å²) in [6.45, 7) is 24.7. The summed E-state index contributed by atoms with van der Waals surface area (Å²) in [7, 11) is -4.11. The predicted octanol–water partition coefficient (Wildman–Crippen LogP) is 4.61. The maximum Gasteiger partial charge on any atom is 0.253 e. The van der Waals surface area contributed by atoms with Crippen molar-refractivity contribution in [3.63, 3.8) is 0 Å². The van der Waals surface area contributed by atoms with Gasteiger partial charge in [-0.3, -0.25) is 19.3 Å². The Morgan fingerprint density at radius 2 is 1.27 bits per heavy atom. The Labute approximate surface area is 202 Å². The standard InChI is InChI=1S/C24H46N2O5Si2/c1-12-24(17-30-32(8,9)22(2,3)4,18-31-33(10,11)23(5,6)7)25-19(27)15-16-26-20(28)13-14-21(26)29/h13-14H,12,15-18H2,1-11H3,(H,25,27). The van der Waals surface area contributed by atoms with Crippen molar-refractivity contribution in [3.8, 4) is 0 Å². The average molecular weight is 499 g/mol. The Morgan fingerprint density at radius 3 is 1.61 bits per heavy atom. The van der Waals surface area contributed by atoms with Crippen molar-refractivity contribution < 1.29 is 23.2 Å². The molecule has 0 atom stereocenters. The van der Waals surface area contributed by atoms with Crippen molar-refractivity contribution >= 4 is 34.4 Å². The van der Waals surface area contributed by atoms with Crippen LogP contribution in [0.15, 0.2) is 12.2 Å². The molecule has 0 radical (unpaired) electrons. The minimum absolute atomic E-state index is 0.0419. The minimum atomic E-state index is -2.05. The van der Waals surface area contributed by atoms with Crippen molar-refractivity contribution in [2.75, 3.05) is 19.8 Å². The van der Waals surface area contributed by atoms with Crippen LogP contribution in [0.1, 0.15) is 61.3 Å². The lowest BCUT2D eigenvalue weighted by atomic mass is 9.98. The van der Waals surface area contributed by atoms with Crippen molar-refractivity contribution in [1.82, 2.24) is 10.2 Å². The van der Waals surface area contributed by atoms with Crippen molar-refractivity contribution in [1.29, 1.82) is 0 Å². The van der Waals surface area contributed by atoms with Crippen molar-refractivity contribution in [2.24, 2.45) is 0 Å². The van der Waals surface area contributed by atoms with Gasteiger partial charge in [0, 0.05) is 25.1 Å². The molecule has 0 fully saturated rings. The summed E-state index contributed by atoms with van der Waals surface area (Å²) in [5, 5.41) is 3.25. The molecule has 0 spiro atoms. The van der Waals surface area contributed by atoms with Gasteiger partial charge in [-0.2, -0.15) is 0 Å². The van der Waals surface area contributed by atoms with Gasteiger partial charge in [0.1, 0.15) is 0 Å². The molecule has 1 rings (SSSR count). The van der Waals surface area contributed by atoms with Crippen LogP contribution < -0.4 is 5.32 Å². The predicted molar refractivity (Wildman–Crippen MR) is 138 cm³/mol. The summed E-state index contributed by atoms with van der Waals surface area (Å²) in [5.74, 6) is -0.976. The molecule has 190 valence electrons. The lowest BCUT2D eigenvalue weighted by Gasteiger charge is -2.44. The molecule has 0 unspecified atom stereocenters. The zero-order valence-corrected chi connectivity index (χ0v) is 24.7. The van der Waals surface area contributed by atoms with Gasteiger partial charge in [-0.15, -0.1) is 0 Å². The highest BCUT2D eigenvalue weighted by Crippen LogP contribution is 2.39. The van der Waals surface area contributed by atoms with Gasteiger partial charge in [0.2, 0.25) is 5.91 Å². The van der Waals surface area contributed by atoms with Gasteiger partial charge < -0.3 is 14.2 Å². The van der Waals surface area contributed by atoms with Crippen LogP contribution in [0.4, 0.5) is 0 Å². The zero-order chi connectivity index (χ0) is 25.9. The first-order valence-corrected chi connectivity index (χ1v) is 17.7. The summed E-state index contributed by atoms with van der Waals surface area (Å²) in [5.41, 5.74) is -0.681. The van der Waals surface area contributed by atoms with E-state index in [1.165, 1.54) is 12.2 Å². The molecule has 0 aromatic carbocycles. The van der Waals surface area contributed by atoms with Gasteiger partial charge in [0.25, 0.3) is 11.8 Å². The number of carbonyl (C=O) groups is 3. The fourth-order valence-corrected chi connectivity index (χ4v) is 4.84. The number of nitrogens with one attached hydrogen (secondary N) is 1. The first kappa shape index (κ1) is 29.7. The van der Waals surface area contributed by atoms with Crippen LogP contribution >= 0.6 is 0 Å². The van der Waals surface area contributed by atoms with E-state index >= 15 is 0 Å². The number of hydrogen-bond acceptors (Lipinski definition) is 5. The number of amides is 3. The van der Waals surface area contributed by atoms with Crippen molar-refractivity contribution in [2.45, 2.75) is 103 Å². The van der Waals surface area contributed by atoms with E-state index in [-0.39, 0.29) is 40.8 Å². The summed E-state index contributed by atoms with van der Waals surface area (Å²) in [6, 6.07) is 0. The molecule has 9 heteroatoms. The highest BCUT2D eigenvalue weighted by atomic mass is 28.4. The third-order valence-corrected chi connectivity index (χ3v) is 16.5. The van der Waals surface area contributed by atoms with Gasteiger partial charge in [0.15, 0.2) is 16.6 Å². The number of imide groups is 1. The largest absolute Gasteiger partial charge is 0.414 e. The molecule has 0 aliphatic carbocycles. The van der Waals surface area contributed by atoms with Crippen molar-refractivity contribution in [3.05, 3.63) is 12.2 Å². The van der Waals surface area contributed by atoms with E-state index in [0.29, 0.717) is 19.6 Å². The zero-order valence-electron chi connectivity index (χ0n) is 22.7. The van der Waals surface area contributed by atoms with E-state index in [1.807, 2.05) is 6.92 Å². The fourth-order valence-electron chi connectivity index (χ4n) is 2.70. The molecule has 3 amide bonds. The van der Waals surface area contributed by atoms with Crippen LogP contribution in [0.25, 0.3) is 0 Å². The molecule has 1 heterocycles. The Morgan fingerprint density at radius 1 is 0.879 bits per heavy atom. The molecule has 7 nitrogen and oxygen atoms in total. The molecule has 0 saturated heterocycles. The first-order chi connectivity index (χ1) is 14.8. The van der Waals surface area contributed by atoms with Crippen LogP contribution in [0.2, 0.25) is 36.3 Å². The summed E-state index contributed by atoms with van der Waals surface area (Å²) < 4.78 is 13.1. The summed E-state index contributed by atoms with van der Waals surface area (Å²) in [6.07, 6.45) is 3.15. The molecule has 1 aliphatic heterocycles. The molecular formula is C24H46N2O5Si2. The van der Waals surface area contributed by atoms with E-state index in [0.717, 1.165) is 4.90 Å². The number of hydrogen-bond donors (Lipinski definition) is 1. The van der Waals surface area contributed by atoms with E-state index < -0.39 is 22.2 Å². The average Bonchev–Trinajstić information content (AvgIpc) is 2.98. The monoisotopic (exact) mass is 498 g/mol. The second kappa shape index (κ2) is 10.5. The van der Waals surface area contributed by atoms with Gasteiger partial charge >= 0.3 is 0 Å². The van der Waals surface area contributed by atoms with Crippen LogP contribution in [0.3, 0.4) is 0 Å². The second-order valence-corrected chi connectivity index (χ2v) is 21.8. The maximum atomic E-state index is 13.0. The van der Waals surface area contributed by atoms with Gasteiger partial charge in [0.05, 0.1) is 18.8 Å². The van der Waals surface area contributed by atoms with E-state index in [2.05, 4.69) is 73.0 Å². The topological polar surface area (TPSA) is 84.9 Å². The first-order valence-electron chi connectivity index (χ1n) is 11.9. The van der Waals surface area contributed by atoms with E-state index in [4.69, 9.17) is 8.85 Å². The van der Waals surface area contributed by atoms with Crippen LogP contribution in [-0.4, -0.2) is 64.6 Å². The normalized spacial score (nSPS) is 16.0. The Hall–Kier alpha value is -1.30. The molecule has 1 aliphatic rings. The molecule has 0 saturated carbocycles. The smallest absolute Gasteiger partial charge is 0.253 e. The number of rotatable bonds is 11. The SMILES string of the molecule is CCC(CO[Si](C)(C)C(C)(C)C)(CO[Si](C)(C)C(C)(C)C)NC(=O)CCN1C(=O)C=CC1=O. The van der Waals surface area contributed by atoms with Crippen LogP contribution in [0, 0.1) is 0 Å². The van der Waals surface area contributed by atoms with Gasteiger partial charge in [-0.05, 0) is 42.7 Å². The third kappa shape index (κ3) is 7.87.